The van der Waals surface area contributed by atoms with Crippen molar-refractivity contribution in [3.63, 3.8) is 0 Å². The topological polar surface area (TPSA) is 59.1 Å². The van der Waals surface area contributed by atoms with Crippen molar-refractivity contribution in [1.29, 1.82) is 0 Å². The fraction of sp³-hybridized carbons (Fsp3) is 0.211. The van der Waals surface area contributed by atoms with Crippen LogP contribution in [0.25, 0.3) is 10.9 Å². The molecule has 4 nitrogen and oxygen atoms in total. The van der Waals surface area contributed by atoms with Gasteiger partial charge in [-0.15, -0.1) is 0 Å². The average molecular weight is 340 g/mol. The molecule has 0 saturated heterocycles. The minimum Gasteiger partial charge on any atom is -0.280 e. The molecule has 0 amide bonds. The second-order valence-electron chi connectivity index (χ2n) is 6.76. The fourth-order valence-corrected chi connectivity index (χ4v) is 3.78. The molecule has 1 heterocycles. The van der Waals surface area contributed by atoms with E-state index in [1.165, 1.54) is 0 Å². The van der Waals surface area contributed by atoms with Gasteiger partial charge < -0.3 is 0 Å². The Bertz CT molecular complexity index is 967. The van der Waals surface area contributed by atoms with Crippen LogP contribution in [0.15, 0.2) is 65.7 Å². The van der Waals surface area contributed by atoms with Gasteiger partial charge in [-0.1, -0.05) is 51.1 Å². The van der Waals surface area contributed by atoms with Crippen LogP contribution < -0.4 is 4.72 Å². The SMILES string of the molecule is CC(C)(C)c1ccc(NS(=O)(=O)c2cccc3cccnc23)cc1. The Morgan fingerprint density at radius 1 is 0.917 bits per heavy atom. The van der Waals surface area contributed by atoms with Crippen molar-refractivity contribution in [3.05, 3.63) is 66.4 Å². The van der Waals surface area contributed by atoms with Gasteiger partial charge in [0, 0.05) is 17.3 Å². The molecule has 5 heteroatoms. The van der Waals surface area contributed by atoms with Crippen LogP contribution in [-0.2, 0) is 15.4 Å². The summed E-state index contributed by atoms with van der Waals surface area (Å²) in [6.45, 7) is 6.36. The number of para-hydroxylation sites is 1. The fourth-order valence-electron chi connectivity index (χ4n) is 2.54. The van der Waals surface area contributed by atoms with E-state index in [0.29, 0.717) is 11.2 Å². The largest absolute Gasteiger partial charge is 0.280 e. The third kappa shape index (κ3) is 3.26. The van der Waals surface area contributed by atoms with Gasteiger partial charge in [-0.2, -0.15) is 0 Å². The standard InChI is InChI=1S/C19H20N2O2S/c1-19(2,3)15-9-11-16(12-10-15)21-24(22,23)17-8-4-6-14-7-5-13-20-18(14)17/h4-13,21H,1-3H3. The van der Waals surface area contributed by atoms with Crippen LogP contribution >= 0.6 is 0 Å². The van der Waals surface area contributed by atoms with E-state index in [2.05, 4.69) is 30.5 Å². The van der Waals surface area contributed by atoms with E-state index in [-0.39, 0.29) is 10.3 Å². The first-order chi connectivity index (χ1) is 11.3. The van der Waals surface area contributed by atoms with Crippen LogP contribution in [0.5, 0.6) is 0 Å². The summed E-state index contributed by atoms with van der Waals surface area (Å²) in [6.07, 6.45) is 1.60. The van der Waals surface area contributed by atoms with E-state index in [1.807, 2.05) is 24.3 Å². The highest BCUT2D eigenvalue weighted by Gasteiger charge is 2.19. The molecule has 0 spiro atoms. The number of pyridine rings is 1. The minimum atomic E-state index is -3.70. The highest BCUT2D eigenvalue weighted by molar-refractivity contribution is 7.93. The molecule has 0 atom stereocenters. The van der Waals surface area contributed by atoms with Gasteiger partial charge in [0.1, 0.15) is 4.90 Å². The predicted molar refractivity (Wildman–Crippen MR) is 97.7 cm³/mol. The molecular formula is C19H20N2O2S. The molecule has 2 aromatic carbocycles. The van der Waals surface area contributed by atoms with Crippen molar-refractivity contribution in [2.24, 2.45) is 0 Å². The van der Waals surface area contributed by atoms with Crippen molar-refractivity contribution in [2.45, 2.75) is 31.1 Å². The lowest BCUT2D eigenvalue weighted by Crippen LogP contribution is -2.14. The second-order valence-corrected chi connectivity index (χ2v) is 8.41. The number of sulfonamides is 1. The Labute approximate surface area is 142 Å². The van der Waals surface area contributed by atoms with Crippen LogP contribution in [0.1, 0.15) is 26.3 Å². The van der Waals surface area contributed by atoms with E-state index < -0.39 is 10.0 Å². The van der Waals surface area contributed by atoms with Crippen LogP contribution in [0.2, 0.25) is 0 Å². The number of anilines is 1. The van der Waals surface area contributed by atoms with Crippen LogP contribution in [-0.4, -0.2) is 13.4 Å². The highest BCUT2D eigenvalue weighted by Crippen LogP contribution is 2.26. The Balaban J connectivity index is 1.96. The number of hydrogen-bond donors (Lipinski definition) is 1. The van der Waals surface area contributed by atoms with Gasteiger partial charge in [0.25, 0.3) is 10.0 Å². The number of rotatable bonds is 3. The van der Waals surface area contributed by atoms with Crippen molar-refractivity contribution in [2.75, 3.05) is 4.72 Å². The summed E-state index contributed by atoms with van der Waals surface area (Å²) < 4.78 is 28.1. The van der Waals surface area contributed by atoms with Gasteiger partial charge >= 0.3 is 0 Å². The lowest BCUT2D eigenvalue weighted by atomic mass is 9.87. The molecule has 1 N–H and O–H groups in total. The molecule has 0 aliphatic heterocycles. The lowest BCUT2D eigenvalue weighted by Gasteiger charge is -2.19. The van der Waals surface area contributed by atoms with Crippen LogP contribution in [0.3, 0.4) is 0 Å². The Kier molecular flexibility index (Phi) is 4.05. The Morgan fingerprint density at radius 2 is 1.58 bits per heavy atom. The lowest BCUT2D eigenvalue weighted by molar-refractivity contribution is 0.590. The normalized spacial score (nSPS) is 12.3. The van der Waals surface area contributed by atoms with Gasteiger partial charge in [-0.05, 0) is 35.2 Å². The third-order valence-electron chi connectivity index (χ3n) is 3.89. The first-order valence-corrected chi connectivity index (χ1v) is 9.23. The number of fused-ring (bicyclic) bond motifs is 1. The Hall–Kier alpha value is -2.40. The molecule has 0 bridgehead atoms. The zero-order valence-corrected chi connectivity index (χ0v) is 14.8. The van der Waals surface area contributed by atoms with E-state index in [1.54, 1.807) is 36.5 Å². The van der Waals surface area contributed by atoms with Gasteiger partial charge in [-0.3, -0.25) is 9.71 Å². The van der Waals surface area contributed by atoms with Crippen molar-refractivity contribution >= 4 is 26.6 Å². The summed E-state index contributed by atoms with van der Waals surface area (Å²) >= 11 is 0. The minimum absolute atomic E-state index is 0.0248. The molecule has 0 aliphatic carbocycles. The molecule has 0 unspecified atom stereocenters. The second kappa shape index (κ2) is 5.91. The molecular weight excluding hydrogens is 320 g/mol. The summed E-state index contributed by atoms with van der Waals surface area (Å²) in [4.78, 5) is 4.40. The number of nitrogens with one attached hydrogen (secondary N) is 1. The van der Waals surface area contributed by atoms with E-state index in [9.17, 15) is 8.42 Å². The highest BCUT2D eigenvalue weighted by atomic mass is 32.2. The number of hydrogen-bond acceptors (Lipinski definition) is 3. The molecule has 3 rings (SSSR count). The molecule has 0 radical (unpaired) electrons. The molecule has 124 valence electrons. The Morgan fingerprint density at radius 3 is 2.25 bits per heavy atom. The molecule has 0 saturated carbocycles. The smallest absolute Gasteiger partial charge is 0.264 e. The van der Waals surface area contributed by atoms with E-state index in [0.717, 1.165) is 10.9 Å². The number of nitrogens with zero attached hydrogens (tertiary/aromatic N) is 1. The summed E-state index contributed by atoms with van der Waals surface area (Å²) in [5.41, 5.74) is 2.18. The number of benzene rings is 2. The molecule has 1 aromatic heterocycles. The van der Waals surface area contributed by atoms with Gasteiger partial charge in [0.05, 0.1) is 5.52 Å². The maximum Gasteiger partial charge on any atom is 0.264 e. The van der Waals surface area contributed by atoms with Crippen LogP contribution in [0.4, 0.5) is 5.69 Å². The molecule has 3 aromatic rings. The van der Waals surface area contributed by atoms with Crippen molar-refractivity contribution in [3.8, 4) is 0 Å². The van der Waals surface area contributed by atoms with E-state index in [4.69, 9.17) is 0 Å². The molecule has 0 aliphatic rings. The van der Waals surface area contributed by atoms with Gasteiger partial charge in [0.2, 0.25) is 0 Å². The number of aromatic nitrogens is 1. The summed E-state index contributed by atoms with van der Waals surface area (Å²) in [5.74, 6) is 0. The van der Waals surface area contributed by atoms with Crippen molar-refractivity contribution < 1.29 is 8.42 Å². The first-order valence-electron chi connectivity index (χ1n) is 7.74. The van der Waals surface area contributed by atoms with Crippen LogP contribution in [0, 0.1) is 0 Å². The van der Waals surface area contributed by atoms with Crippen molar-refractivity contribution in [1.82, 2.24) is 4.98 Å². The monoisotopic (exact) mass is 340 g/mol. The summed E-state index contributed by atoms with van der Waals surface area (Å²) in [6, 6.07) is 16.2. The first kappa shape index (κ1) is 16.5. The summed E-state index contributed by atoms with van der Waals surface area (Å²) in [5, 5.41) is 0.795. The van der Waals surface area contributed by atoms with E-state index >= 15 is 0 Å². The van der Waals surface area contributed by atoms with Gasteiger partial charge in [-0.25, -0.2) is 8.42 Å². The molecule has 0 fully saturated rings. The predicted octanol–water partition coefficient (Wildman–Crippen LogP) is 4.33. The zero-order valence-electron chi connectivity index (χ0n) is 13.9. The quantitative estimate of drug-likeness (QED) is 0.772. The summed E-state index contributed by atoms with van der Waals surface area (Å²) in [7, 11) is -3.70. The maximum absolute atomic E-state index is 12.7. The third-order valence-corrected chi connectivity index (χ3v) is 5.30. The maximum atomic E-state index is 12.7. The van der Waals surface area contributed by atoms with Gasteiger partial charge in [0.15, 0.2) is 0 Å². The average Bonchev–Trinajstić information content (AvgIpc) is 2.53. The zero-order chi connectivity index (χ0) is 17.4. The molecule has 24 heavy (non-hydrogen) atoms.